The number of halogens is 1. The van der Waals surface area contributed by atoms with Crippen LogP contribution in [0.1, 0.15) is 6.42 Å². The van der Waals surface area contributed by atoms with Crippen molar-refractivity contribution in [1.82, 2.24) is 0 Å². The highest BCUT2D eigenvalue weighted by Gasteiger charge is 1.84. The zero-order valence-corrected chi connectivity index (χ0v) is 7.19. The van der Waals surface area contributed by atoms with E-state index < -0.39 is 0 Å². The van der Waals surface area contributed by atoms with Crippen LogP contribution >= 0.6 is 15.9 Å². The minimum absolute atomic E-state index is 0.372. The lowest BCUT2D eigenvalue weighted by Crippen LogP contribution is -1.70. The first-order valence-corrected chi connectivity index (χ1v) is 3.53. The Balaban J connectivity index is 3.81. The summed E-state index contributed by atoms with van der Waals surface area (Å²) in [5, 5.41) is 8.22. The van der Waals surface area contributed by atoms with E-state index in [1.165, 1.54) is 0 Å². The summed E-state index contributed by atoms with van der Waals surface area (Å²) in [4.78, 5) is 0. The van der Waals surface area contributed by atoms with Gasteiger partial charge in [-0.05, 0) is 11.6 Å². The minimum Gasteiger partial charge on any atom is -0.198 e. The summed E-state index contributed by atoms with van der Waals surface area (Å²) in [7, 11) is 0. The highest BCUT2D eigenvalue weighted by atomic mass is 79.9. The van der Waals surface area contributed by atoms with E-state index in [2.05, 4.69) is 29.1 Å². The molecule has 52 valence electrons. The van der Waals surface area contributed by atoms with Crippen LogP contribution in [0.15, 0.2) is 35.4 Å². The Morgan fingerprint density at radius 1 is 1.50 bits per heavy atom. The molecule has 0 aromatic heterocycles. The van der Waals surface area contributed by atoms with E-state index in [1.807, 2.05) is 6.07 Å². The molecule has 0 fully saturated rings. The summed E-state index contributed by atoms with van der Waals surface area (Å²) in [5.41, 5.74) is 0.795. The van der Waals surface area contributed by atoms with Crippen LogP contribution < -0.4 is 0 Å². The number of hydrogen-bond acceptors (Lipinski definition) is 1. The monoisotopic (exact) mass is 197 g/mol. The van der Waals surface area contributed by atoms with E-state index >= 15 is 0 Å². The second-order valence-corrected chi connectivity index (χ2v) is 2.79. The zero-order valence-electron chi connectivity index (χ0n) is 5.60. The van der Waals surface area contributed by atoms with Crippen molar-refractivity contribution in [3.63, 3.8) is 0 Å². The van der Waals surface area contributed by atoms with Gasteiger partial charge in [0.25, 0.3) is 0 Å². The van der Waals surface area contributed by atoms with Crippen molar-refractivity contribution >= 4 is 15.9 Å². The molecule has 0 bridgehead atoms. The standard InChI is InChI=1S/C8H8BrN/c1-7(5-6-10)3-4-8(2)9/h3-4H,1-2,5H2/b4-3-. The molecule has 0 rings (SSSR count). The van der Waals surface area contributed by atoms with Gasteiger partial charge in [-0.15, -0.1) is 0 Å². The average molecular weight is 198 g/mol. The molecule has 0 N–H and O–H groups in total. The van der Waals surface area contributed by atoms with E-state index in [9.17, 15) is 0 Å². The van der Waals surface area contributed by atoms with Gasteiger partial charge in [0.05, 0.1) is 12.5 Å². The molecule has 0 aliphatic heterocycles. The highest BCUT2D eigenvalue weighted by molar-refractivity contribution is 9.11. The molecular formula is C8H8BrN. The molecule has 0 heterocycles. The molecule has 1 nitrogen and oxygen atoms in total. The Bertz CT molecular complexity index is 208. The van der Waals surface area contributed by atoms with Crippen LogP contribution in [0, 0.1) is 11.3 Å². The van der Waals surface area contributed by atoms with Gasteiger partial charge >= 0.3 is 0 Å². The smallest absolute Gasteiger partial charge is 0.0669 e. The maximum absolute atomic E-state index is 8.22. The zero-order chi connectivity index (χ0) is 7.98. The number of nitriles is 1. The van der Waals surface area contributed by atoms with Crippen molar-refractivity contribution in [2.45, 2.75) is 6.42 Å². The number of rotatable bonds is 3. The summed E-state index contributed by atoms with van der Waals surface area (Å²) in [5.74, 6) is 0. The normalized spacial score (nSPS) is 9.20. The van der Waals surface area contributed by atoms with Gasteiger partial charge in [-0.3, -0.25) is 0 Å². The minimum atomic E-state index is 0.372. The fourth-order valence-electron chi connectivity index (χ4n) is 0.369. The first kappa shape index (κ1) is 9.19. The SMILES string of the molecule is C=C(Br)/C=C\C(=C)CC#N. The lowest BCUT2D eigenvalue weighted by molar-refractivity contribution is 1.29. The van der Waals surface area contributed by atoms with E-state index in [1.54, 1.807) is 12.2 Å². The maximum atomic E-state index is 8.22. The Labute approximate surface area is 69.5 Å². The molecule has 0 aliphatic carbocycles. The molecule has 0 atom stereocenters. The van der Waals surface area contributed by atoms with Crippen LogP contribution in [0.3, 0.4) is 0 Å². The maximum Gasteiger partial charge on any atom is 0.0669 e. The van der Waals surface area contributed by atoms with Crippen molar-refractivity contribution < 1.29 is 0 Å². The van der Waals surface area contributed by atoms with Gasteiger partial charge in [0, 0.05) is 4.48 Å². The molecular weight excluding hydrogens is 190 g/mol. The van der Waals surface area contributed by atoms with Crippen LogP contribution in [0.4, 0.5) is 0 Å². The van der Waals surface area contributed by atoms with Crippen molar-refractivity contribution in [2.75, 3.05) is 0 Å². The van der Waals surface area contributed by atoms with Crippen LogP contribution in [-0.4, -0.2) is 0 Å². The van der Waals surface area contributed by atoms with Crippen LogP contribution in [0.25, 0.3) is 0 Å². The van der Waals surface area contributed by atoms with E-state index in [0.29, 0.717) is 6.42 Å². The third-order valence-corrected chi connectivity index (χ3v) is 1.07. The molecule has 10 heavy (non-hydrogen) atoms. The van der Waals surface area contributed by atoms with E-state index in [4.69, 9.17) is 5.26 Å². The van der Waals surface area contributed by atoms with Gasteiger partial charge in [-0.2, -0.15) is 5.26 Å². The summed E-state index contributed by atoms with van der Waals surface area (Å²) in [6.07, 6.45) is 3.90. The third kappa shape index (κ3) is 5.33. The van der Waals surface area contributed by atoms with Gasteiger partial charge in [-0.25, -0.2) is 0 Å². The number of allylic oxidation sites excluding steroid dienone is 4. The summed E-state index contributed by atoms with van der Waals surface area (Å²) in [6, 6.07) is 2.00. The summed E-state index contributed by atoms with van der Waals surface area (Å²) in [6.45, 7) is 7.24. The molecule has 0 radical (unpaired) electrons. The van der Waals surface area contributed by atoms with Gasteiger partial charge in [-0.1, -0.05) is 35.2 Å². The van der Waals surface area contributed by atoms with Crippen LogP contribution in [-0.2, 0) is 0 Å². The van der Waals surface area contributed by atoms with Crippen molar-refractivity contribution in [3.05, 3.63) is 35.4 Å². The van der Waals surface area contributed by atoms with Crippen molar-refractivity contribution in [2.24, 2.45) is 0 Å². The Hall–Kier alpha value is -0.810. The first-order valence-electron chi connectivity index (χ1n) is 2.74. The van der Waals surface area contributed by atoms with Gasteiger partial charge in [0.1, 0.15) is 0 Å². The van der Waals surface area contributed by atoms with Crippen LogP contribution in [0.5, 0.6) is 0 Å². The molecule has 0 aliphatic rings. The van der Waals surface area contributed by atoms with E-state index in [0.717, 1.165) is 10.1 Å². The average Bonchev–Trinajstić information content (AvgIpc) is 1.85. The molecule has 0 saturated heterocycles. The first-order chi connectivity index (χ1) is 4.66. The fourth-order valence-corrected chi connectivity index (χ4v) is 0.501. The molecule has 0 spiro atoms. The molecule has 0 saturated carbocycles. The van der Waals surface area contributed by atoms with E-state index in [-0.39, 0.29) is 0 Å². The highest BCUT2D eigenvalue weighted by Crippen LogP contribution is 2.05. The Morgan fingerprint density at radius 2 is 2.10 bits per heavy atom. The molecule has 2 heteroatoms. The predicted octanol–water partition coefficient (Wildman–Crippen LogP) is 2.92. The second kappa shape index (κ2) is 5.01. The number of nitrogens with zero attached hydrogens (tertiary/aromatic N) is 1. The predicted molar refractivity (Wildman–Crippen MR) is 46.6 cm³/mol. The van der Waals surface area contributed by atoms with Crippen molar-refractivity contribution in [1.29, 1.82) is 5.26 Å². The number of hydrogen-bond donors (Lipinski definition) is 0. The van der Waals surface area contributed by atoms with Gasteiger partial charge in [0.15, 0.2) is 0 Å². The topological polar surface area (TPSA) is 23.8 Å². The largest absolute Gasteiger partial charge is 0.198 e. The molecule has 0 unspecified atom stereocenters. The van der Waals surface area contributed by atoms with Crippen LogP contribution in [0.2, 0.25) is 0 Å². The quantitative estimate of drug-likeness (QED) is 0.639. The second-order valence-electron chi connectivity index (χ2n) is 1.77. The van der Waals surface area contributed by atoms with Gasteiger partial charge < -0.3 is 0 Å². The fraction of sp³-hybridized carbons (Fsp3) is 0.125. The lowest BCUT2D eigenvalue weighted by atomic mass is 10.2. The molecule has 0 aromatic carbocycles. The van der Waals surface area contributed by atoms with Gasteiger partial charge in [0.2, 0.25) is 0 Å². The Morgan fingerprint density at radius 3 is 2.50 bits per heavy atom. The third-order valence-electron chi connectivity index (χ3n) is 0.806. The molecule has 0 aromatic rings. The van der Waals surface area contributed by atoms with Crippen molar-refractivity contribution in [3.8, 4) is 6.07 Å². The summed E-state index contributed by atoms with van der Waals surface area (Å²) < 4.78 is 0.784. The Kier molecular flexibility index (Phi) is 4.61. The lowest BCUT2D eigenvalue weighted by Gasteiger charge is -1.87. The summed E-state index contributed by atoms with van der Waals surface area (Å²) >= 11 is 3.15. The molecule has 0 amide bonds.